The van der Waals surface area contributed by atoms with Crippen molar-refractivity contribution in [1.29, 1.82) is 0 Å². The van der Waals surface area contributed by atoms with Gasteiger partial charge in [0.2, 0.25) is 5.91 Å². The van der Waals surface area contributed by atoms with E-state index < -0.39 is 6.10 Å². The third-order valence-electron chi connectivity index (χ3n) is 5.21. The number of benzene rings is 2. The highest BCUT2D eigenvalue weighted by Gasteiger charge is 2.12. The fraction of sp³-hybridized carbons (Fsp3) is 0.280. The number of aliphatic hydroxyl groups is 1. The van der Waals surface area contributed by atoms with E-state index in [1.54, 1.807) is 30.5 Å². The predicted octanol–water partition coefficient (Wildman–Crippen LogP) is 2.81. The Morgan fingerprint density at radius 1 is 1.15 bits per heavy atom. The Hall–Kier alpha value is -3.62. The van der Waals surface area contributed by atoms with Gasteiger partial charge in [-0.2, -0.15) is 0 Å². The fourth-order valence-corrected chi connectivity index (χ4v) is 3.50. The van der Waals surface area contributed by atoms with Crippen LogP contribution in [0.25, 0.3) is 0 Å². The molecule has 0 aliphatic rings. The van der Waals surface area contributed by atoms with Crippen LogP contribution in [-0.4, -0.2) is 40.8 Å². The van der Waals surface area contributed by atoms with Gasteiger partial charge < -0.3 is 31.3 Å². The topological polar surface area (TPSA) is 130 Å². The van der Waals surface area contributed by atoms with E-state index in [9.17, 15) is 15.0 Å². The van der Waals surface area contributed by atoms with Gasteiger partial charge in [0.1, 0.15) is 5.82 Å². The van der Waals surface area contributed by atoms with Crippen LogP contribution in [0.15, 0.2) is 60.8 Å². The molecular formula is C25H30N4O4. The molecule has 3 rings (SSSR count). The van der Waals surface area contributed by atoms with E-state index in [1.165, 1.54) is 13.2 Å². The maximum Gasteiger partial charge on any atom is 0.228 e. The molecule has 8 nitrogen and oxygen atoms in total. The number of phenols is 1. The zero-order chi connectivity index (χ0) is 23.8. The summed E-state index contributed by atoms with van der Waals surface area (Å²) in [7, 11) is 1.47. The van der Waals surface area contributed by atoms with Crippen LogP contribution in [-0.2, 0) is 17.6 Å². The lowest BCUT2D eigenvalue weighted by Crippen LogP contribution is -2.32. The van der Waals surface area contributed by atoms with Crippen LogP contribution in [0.4, 0.5) is 11.5 Å². The van der Waals surface area contributed by atoms with E-state index in [0.29, 0.717) is 29.4 Å². The summed E-state index contributed by atoms with van der Waals surface area (Å²) in [6.07, 6.45) is 1.86. The van der Waals surface area contributed by atoms with E-state index in [1.807, 2.05) is 31.2 Å². The number of carbonyl (C=O) groups is 1. The van der Waals surface area contributed by atoms with Crippen molar-refractivity contribution in [2.24, 2.45) is 0 Å². The van der Waals surface area contributed by atoms with Crippen molar-refractivity contribution in [2.45, 2.75) is 31.9 Å². The molecule has 0 radical (unpaired) electrons. The second-order valence-corrected chi connectivity index (χ2v) is 7.98. The lowest BCUT2D eigenvalue weighted by Gasteiger charge is -2.18. The van der Waals surface area contributed by atoms with Crippen molar-refractivity contribution in [3.8, 4) is 11.5 Å². The van der Waals surface area contributed by atoms with Crippen LogP contribution in [0, 0.1) is 0 Å². The van der Waals surface area contributed by atoms with Gasteiger partial charge in [0, 0.05) is 36.1 Å². The van der Waals surface area contributed by atoms with Gasteiger partial charge in [-0.25, -0.2) is 4.98 Å². The van der Waals surface area contributed by atoms with E-state index in [0.717, 1.165) is 17.5 Å². The number of aromatic hydroxyl groups is 1. The number of hydrogen-bond acceptors (Lipinski definition) is 7. The molecule has 0 unspecified atom stereocenters. The van der Waals surface area contributed by atoms with E-state index in [-0.39, 0.29) is 24.1 Å². The molecule has 174 valence electrons. The number of aliphatic hydroxyl groups excluding tert-OH is 1. The number of carbonyl (C=O) groups excluding carboxylic acids is 1. The van der Waals surface area contributed by atoms with Crippen LogP contribution >= 0.6 is 0 Å². The molecule has 33 heavy (non-hydrogen) atoms. The molecule has 3 aromatic rings. The first-order valence-corrected chi connectivity index (χ1v) is 10.7. The maximum atomic E-state index is 12.4. The Morgan fingerprint density at radius 2 is 1.94 bits per heavy atom. The molecule has 8 heteroatoms. The Morgan fingerprint density at radius 3 is 2.64 bits per heavy atom. The molecule has 6 N–H and O–H groups in total. The average molecular weight is 451 g/mol. The van der Waals surface area contributed by atoms with Gasteiger partial charge >= 0.3 is 0 Å². The van der Waals surface area contributed by atoms with Gasteiger partial charge in [-0.1, -0.05) is 30.3 Å². The number of anilines is 2. The maximum absolute atomic E-state index is 12.4. The molecule has 0 fully saturated rings. The summed E-state index contributed by atoms with van der Waals surface area (Å²) in [5.74, 6) is 0.559. The Kier molecular flexibility index (Phi) is 8.23. The van der Waals surface area contributed by atoms with Crippen molar-refractivity contribution in [3.63, 3.8) is 0 Å². The minimum Gasteiger partial charge on any atom is -0.504 e. The minimum atomic E-state index is -0.673. The van der Waals surface area contributed by atoms with Gasteiger partial charge in [-0.3, -0.25) is 4.79 Å². The number of hydrogen-bond donors (Lipinski definition) is 5. The highest BCUT2D eigenvalue weighted by Crippen LogP contribution is 2.28. The number of amides is 1. The Balaban J connectivity index is 1.50. The minimum absolute atomic E-state index is 0.0310. The number of nitrogens with two attached hydrogens (primary N) is 1. The lowest BCUT2D eigenvalue weighted by molar-refractivity contribution is -0.115. The molecule has 0 aliphatic heterocycles. The first-order chi connectivity index (χ1) is 15.8. The van der Waals surface area contributed by atoms with Gasteiger partial charge in [-0.05, 0) is 42.7 Å². The SMILES string of the molecule is COc1ccc(NC(=O)Cc2cccc(C[C@@H](C)NC[C@@H](O)c3ccc(N)nc3)c2)cc1O. The molecule has 0 spiro atoms. The molecular weight excluding hydrogens is 420 g/mol. The molecule has 1 heterocycles. The smallest absolute Gasteiger partial charge is 0.228 e. The monoisotopic (exact) mass is 450 g/mol. The third-order valence-corrected chi connectivity index (χ3v) is 5.21. The van der Waals surface area contributed by atoms with Crippen LogP contribution in [0.5, 0.6) is 11.5 Å². The number of aromatic nitrogens is 1. The molecule has 2 atom stereocenters. The second kappa shape index (κ2) is 11.3. The summed E-state index contributed by atoms with van der Waals surface area (Å²) < 4.78 is 5.01. The van der Waals surface area contributed by atoms with Crippen molar-refractivity contribution < 1.29 is 19.7 Å². The highest BCUT2D eigenvalue weighted by molar-refractivity contribution is 5.92. The normalized spacial score (nSPS) is 12.7. The highest BCUT2D eigenvalue weighted by atomic mass is 16.5. The summed E-state index contributed by atoms with van der Waals surface area (Å²) in [6.45, 7) is 2.44. The lowest BCUT2D eigenvalue weighted by atomic mass is 10.0. The summed E-state index contributed by atoms with van der Waals surface area (Å²) in [5, 5.41) is 26.3. The van der Waals surface area contributed by atoms with Crippen molar-refractivity contribution in [3.05, 3.63) is 77.5 Å². The van der Waals surface area contributed by atoms with Crippen molar-refractivity contribution >= 4 is 17.4 Å². The van der Waals surface area contributed by atoms with Crippen LogP contribution in [0.3, 0.4) is 0 Å². The van der Waals surface area contributed by atoms with Gasteiger partial charge in [0.05, 0.1) is 19.6 Å². The first kappa shape index (κ1) is 24.0. The van der Waals surface area contributed by atoms with Crippen LogP contribution < -0.4 is 21.1 Å². The number of methoxy groups -OCH3 is 1. The molecule has 1 amide bonds. The van der Waals surface area contributed by atoms with Crippen LogP contribution in [0.1, 0.15) is 29.7 Å². The Labute approximate surface area is 193 Å². The van der Waals surface area contributed by atoms with E-state index >= 15 is 0 Å². The number of nitrogen functional groups attached to an aromatic ring is 1. The molecule has 0 saturated heterocycles. The van der Waals surface area contributed by atoms with Crippen molar-refractivity contribution in [2.75, 3.05) is 24.7 Å². The molecule has 1 aromatic heterocycles. The number of nitrogens with zero attached hydrogens (tertiary/aromatic N) is 1. The number of phenolic OH excluding ortho intramolecular Hbond substituents is 1. The van der Waals surface area contributed by atoms with Gasteiger partial charge in [0.15, 0.2) is 11.5 Å². The number of rotatable bonds is 10. The Bertz CT molecular complexity index is 1070. The number of ether oxygens (including phenoxy) is 1. The predicted molar refractivity (Wildman–Crippen MR) is 128 cm³/mol. The quantitative estimate of drug-likeness (QED) is 0.321. The average Bonchev–Trinajstić information content (AvgIpc) is 2.78. The van der Waals surface area contributed by atoms with Crippen LogP contribution in [0.2, 0.25) is 0 Å². The van der Waals surface area contributed by atoms with Gasteiger partial charge in [-0.15, -0.1) is 0 Å². The second-order valence-electron chi connectivity index (χ2n) is 7.98. The van der Waals surface area contributed by atoms with E-state index in [2.05, 4.69) is 15.6 Å². The third kappa shape index (κ3) is 7.20. The largest absolute Gasteiger partial charge is 0.504 e. The number of nitrogens with one attached hydrogen (secondary N) is 2. The van der Waals surface area contributed by atoms with Crippen molar-refractivity contribution in [1.82, 2.24) is 10.3 Å². The summed E-state index contributed by atoms with van der Waals surface area (Å²) in [6, 6.07) is 16.1. The standard InChI is InChI=1S/C25H30N4O4/c1-16(27-15-22(31)19-6-9-24(26)28-14-19)10-17-4-3-5-18(11-17)12-25(32)29-20-7-8-23(33-2)21(30)13-20/h3-9,11,13-14,16,22,27,30-31H,10,12,15H2,1-2H3,(H2,26,28)(H,29,32)/t16-,22-/m1/s1. The van der Waals surface area contributed by atoms with Gasteiger partial charge in [0.25, 0.3) is 0 Å². The molecule has 2 aromatic carbocycles. The zero-order valence-electron chi connectivity index (χ0n) is 18.8. The first-order valence-electron chi connectivity index (χ1n) is 10.7. The number of pyridine rings is 1. The zero-order valence-corrected chi connectivity index (χ0v) is 18.8. The summed E-state index contributed by atoms with van der Waals surface area (Å²) in [4.78, 5) is 16.4. The molecule has 0 bridgehead atoms. The summed E-state index contributed by atoms with van der Waals surface area (Å²) in [5.41, 5.74) is 8.78. The summed E-state index contributed by atoms with van der Waals surface area (Å²) >= 11 is 0. The molecule has 0 aliphatic carbocycles. The van der Waals surface area contributed by atoms with E-state index in [4.69, 9.17) is 10.5 Å². The molecule has 0 saturated carbocycles. The fourth-order valence-electron chi connectivity index (χ4n) is 3.50.